The number of carboxylic acids is 1. The Morgan fingerprint density at radius 3 is 2.75 bits per heavy atom. The Morgan fingerprint density at radius 2 is 2.20 bits per heavy atom. The predicted octanol–water partition coefficient (Wildman–Crippen LogP) is 2.60. The summed E-state index contributed by atoms with van der Waals surface area (Å²) in [5.74, 6) is -1.28. The lowest BCUT2D eigenvalue weighted by molar-refractivity contribution is -0.147. The first-order valence-electron chi connectivity index (χ1n) is 6.44. The molecule has 0 radical (unpaired) electrons. The highest BCUT2D eigenvalue weighted by atomic mass is 79.9. The van der Waals surface area contributed by atoms with Gasteiger partial charge in [0.1, 0.15) is 0 Å². The SMILES string of the molecule is CC1(C(=O)O)CCCC1Nc1ccc(C(N)=O)c(Br)c1. The third-order valence-corrected chi connectivity index (χ3v) is 4.68. The Morgan fingerprint density at radius 1 is 1.50 bits per heavy atom. The number of rotatable bonds is 4. The number of halogens is 1. The van der Waals surface area contributed by atoms with Gasteiger partial charge in [-0.05, 0) is 53.9 Å². The molecule has 0 aromatic heterocycles. The zero-order valence-electron chi connectivity index (χ0n) is 11.1. The van der Waals surface area contributed by atoms with Crippen LogP contribution >= 0.6 is 15.9 Å². The molecular weight excluding hydrogens is 324 g/mol. The average Bonchev–Trinajstić information content (AvgIpc) is 2.72. The van der Waals surface area contributed by atoms with Gasteiger partial charge in [0.25, 0.3) is 0 Å². The number of carbonyl (C=O) groups is 2. The number of benzene rings is 1. The van der Waals surface area contributed by atoms with Crippen LogP contribution in [0.25, 0.3) is 0 Å². The number of aliphatic carboxylic acids is 1. The van der Waals surface area contributed by atoms with Gasteiger partial charge in [0.2, 0.25) is 5.91 Å². The van der Waals surface area contributed by atoms with E-state index in [1.165, 1.54) is 0 Å². The molecule has 1 aliphatic carbocycles. The van der Waals surface area contributed by atoms with Crippen molar-refractivity contribution < 1.29 is 14.7 Å². The first-order chi connectivity index (χ1) is 9.34. The van der Waals surface area contributed by atoms with Crippen molar-refractivity contribution in [2.24, 2.45) is 11.1 Å². The third kappa shape index (κ3) is 2.65. The van der Waals surface area contributed by atoms with Crippen molar-refractivity contribution in [2.75, 3.05) is 5.32 Å². The van der Waals surface area contributed by atoms with Crippen LogP contribution in [-0.4, -0.2) is 23.0 Å². The van der Waals surface area contributed by atoms with E-state index in [0.29, 0.717) is 16.5 Å². The highest BCUT2D eigenvalue weighted by Crippen LogP contribution is 2.40. The fraction of sp³-hybridized carbons (Fsp3) is 0.429. The van der Waals surface area contributed by atoms with Crippen molar-refractivity contribution in [3.63, 3.8) is 0 Å². The molecule has 0 saturated heterocycles. The quantitative estimate of drug-likeness (QED) is 0.785. The van der Waals surface area contributed by atoms with E-state index >= 15 is 0 Å². The summed E-state index contributed by atoms with van der Waals surface area (Å²) in [5, 5.41) is 12.6. The first kappa shape index (κ1) is 14.8. The highest BCUT2D eigenvalue weighted by Gasteiger charge is 2.45. The average molecular weight is 341 g/mol. The summed E-state index contributed by atoms with van der Waals surface area (Å²) in [6.07, 6.45) is 2.37. The molecule has 1 aromatic rings. The minimum Gasteiger partial charge on any atom is -0.481 e. The molecule has 1 amide bonds. The number of carboxylic acid groups (broad SMARTS) is 1. The minimum absolute atomic E-state index is 0.119. The maximum Gasteiger partial charge on any atom is 0.311 e. The van der Waals surface area contributed by atoms with Gasteiger partial charge in [-0.3, -0.25) is 9.59 Å². The molecule has 0 aliphatic heterocycles. The Balaban J connectivity index is 2.20. The molecule has 0 heterocycles. The van der Waals surface area contributed by atoms with Gasteiger partial charge >= 0.3 is 5.97 Å². The minimum atomic E-state index is -0.777. The van der Waals surface area contributed by atoms with Crippen molar-refractivity contribution >= 4 is 33.5 Å². The van der Waals surface area contributed by atoms with Crippen LogP contribution in [0.3, 0.4) is 0 Å². The molecular formula is C14H17BrN2O3. The maximum atomic E-state index is 11.4. The number of primary amides is 1. The number of nitrogens with two attached hydrogens (primary N) is 1. The zero-order valence-corrected chi connectivity index (χ0v) is 12.7. The molecule has 5 nitrogen and oxygen atoms in total. The topological polar surface area (TPSA) is 92.4 Å². The summed E-state index contributed by atoms with van der Waals surface area (Å²) in [6.45, 7) is 1.77. The second-order valence-electron chi connectivity index (χ2n) is 5.37. The van der Waals surface area contributed by atoms with E-state index in [1.807, 2.05) is 0 Å². The Hall–Kier alpha value is -1.56. The van der Waals surface area contributed by atoms with E-state index in [1.54, 1.807) is 25.1 Å². The standard InChI is InChI=1S/C14H17BrN2O3/c1-14(13(19)20)6-2-3-11(14)17-8-4-5-9(12(16)18)10(15)7-8/h4-5,7,11,17H,2-3,6H2,1H3,(H2,16,18)(H,19,20). The molecule has 2 atom stereocenters. The maximum absolute atomic E-state index is 11.4. The number of hydrogen-bond acceptors (Lipinski definition) is 3. The van der Waals surface area contributed by atoms with Gasteiger partial charge < -0.3 is 16.2 Å². The molecule has 0 bridgehead atoms. The monoisotopic (exact) mass is 340 g/mol. The molecule has 1 saturated carbocycles. The van der Waals surface area contributed by atoms with E-state index in [9.17, 15) is 14.7 Å². The Labute approximate surface area is 125 Å². The fourth-order valence-electron chi connectivity index (χ4n) is 2.66. The molecule has 4 N–H and O–H groups in total. The molecule has 0 spiro atoms. The van der Waals surface area contributed by atoms with Gasteiger partial charge in [-0.1, -0.05) is 6.42 Å². The third-order valence-electron chi connectivity index (χ3n) is 4.02. The highest BCUT2D eigenvalue weighted by molar-refractivity contribution is 9.10. The van der Waals surface area contributed by atoms with Crippen LogP contribution in [-0.2, 0) is 4.79 Å². The lowest BCUT2D eigenvalue weighted by Gasteiger charge is -2.28. The lowest BCUT2D eigenvalue weighted by Crippen LogP contribution is -2.40. The second-order valence-corrected chi connectivity index (χ2v) is 6.22. The fourth-order valence-corrected chi connectivity index (χ4v) is 3.23. The van der Waals surface area contributed by atoms with E-state index < -0.39 is 17.3 Å². The molecule has 1 aromatic carbocycles. The normalized spacial score (nSPS) is 25.4. The molecule has 1 aliphatic rings. The van der Waals surface area contributed by atoms with Gasteiger partial charge in [-0.25, -0.2) is 0 Å². The van der Waals surface area contributed by atoms with E-state index in [0.717, 1.165) is 18.5 Å². The van der Waals surface area contributed by atoms with Crippen LogP contribution in [0, 0.1) is 5.41 Å². The van der Waals surface area contributed by atoms with E-state index in [2.05, 4.69) is 21.2 Å². The summed E-state index contributed by atoms with van der Waals surface area (Å²) < 4.78 is 0.602. The zero-order chi connectivity index (χ0) is 14.9. The summed E-state index contributed by atoms with van der Waals surface area (Å²) in [6, 6.07) is 5.00. The molecule has 1 fully saturated rings. The Bertz CT molecular complexity index is 561. The number of hydrogen-bond donors (Lipinski definition) is 3. The van der Waals surface area contributed by atoms with Crippen molar-refractivity contribution in [1.29, 1.82) is 0 Å². The van der Waals surface area contributed by atoms with Crippen molar-refractivity contribution in [2.45, 2.75) is 32.2 Å². The molecule has 20 heavy (non-hydrogen) atoms. The lowest BCUT2D eigenvalue weighted by atomic mass is 9.85. The van der Waals surface area contributed by atoms with Crippen molar-refractivity contribution in [3.05, 3.63) is 28.2 Å². The van der Waals surface area contributed by atoms with Crippen LogP contribution in [0.1, 0.15) is 36.5 Å². The molecule has 6 heteroatoms. The number of nitrogens with one attached hydrogen (secondary N) is 1. The van der Waals surface area contributed by atoms with Crippen LogP contribution in [0.15, 0.2) is 22.7 Å². The number of carbonyl (C=O) groups excluding carboxylic acids is 1. The largest absolute Gasteiger partial charge is 0.481 e. The van der Waals surface area contributed by atoms with Gasteiger partial charge in [-0.2, -0.15) is 0 Å². The van der Waals surface area contributed by atoms with Crippen LogP contribution in [0.5, 0.6) is 0 Å². The molecule has 2 rings (SSSR count). The smallest absolute Gasteiger partial charge is 0.311 e. The summed E-state index contributed by atoms with van der Waals surface area (Å²) in [5.41, 5.74) is 5.67. The second kappa shape index (κ2) is 5.44. The summed E-state index contributed by atoms with van der Waals surface area (Å²) >= 11 is 3.30. The Kier molecular flexibility index (Phi) is 4.04. The van der Waals surface area contributed by atoms with Crippen LogP contribution in [0.4, 0.5) is 5.69 Å². The van der Waals surface area contributed by atoms with Gasteiger partial charge in [0, 0.05) is 16.2 Å². The van der Waals surface area contributed by atoms with Crippen molar-refractivity contribution in [3.8, 4) is 0 Å². The van der Waals surface area contributed by atoms with E-state index in [-0.39, 0.29) is 6.04 Å². The number of amides is 1. The van der Waals surface area contributed by atoms with Gasteiger partial charge in [0.15, 0.2) is 0 Å². The summed E-state index contributed by atoms with van der Waals surface area (Å²) in [4.78, 5) is 22.6. The van der Waals surface area contributed by atoms with Crippen LogP contribution < -0.4 is 11.1 Å². The first-order valence-corrected chi connectivity index (χ1v) is 7.23. The van der Waals surface area contributed by atoms with E-state index in [4.69, 9.17) is 5.73 Å². The van der Waals surface area contributed by atoms with Crippen LogP contribution in [0.2, 0.25) is 0 Å². The molecule has 108 valence electrons. The van der Waals surface area contributed by atoms with Gasteiger partial charge in [0.05, 0.1) is 11.0 Å². The molecule has 2 unspecified atom stereocenters. The number of anilines is 1. The predicted molar refractivity (Wildman–Crippen MR) is 79.7 cm³/mol. The summed E-state index contributed by atoms with van der Waals surface area (Å²) in [7, 11) is 0. The van der Waals surface area contributed by atoms with Gasteiger partial charge in [-0.15, -0.1) is 0 Å². The van der Waals surface area contributed by atoms with Crippen molar-refractivity contribution in [1.82, 2.24) is 0 Å².